The summed E-state index contributed by atoms with van der Waals surface area (Å²) in [6.45, 7) is 4.80. The molecular formula is C17H20N4. The lowest BCUT2D eigenvalue weighted by atomic mass is 10.0. The number of nitrogens with zero attached hydrogens (tertiary/aromatic N) is 4. The summed E-state index contributed by atoms with van der Waals surface area (Å²) < 4.78 is 0. The number of nitriles is 1. The summed E-state index contributed by atoms with van der Waals surface area (Å²) in [6.07, 6.45) is 1.60. The van der Waals surface area contributed by atoms with Gasteiger partial charge in [-0.25, -0.2) is 0 Å². The van der Waals surface area contributed by atoms with Crippen molar-refractivity contribution in [2.75, 3.05) is 11.9 Å². The van der Waals surface area contributed by atoms with E-state index in [1.54, 1.807) is 0 Å². The molecule has 4 nitrogen and oxygen atoms in total. The maximum Gasteiger partial charge on any atom is 0.169 e. The van der Waals surface area contributed by atoms with Gasteiger partial charge in [-0.3, -0.25) is 0 Å². The summed E-state index contributed by atoms with van der Waals surface area (Å²) in [7, 11) is 1.95. The molecule has 0 radical (unpaired) electrons. The van der Waals surface area contributed by atoms with Gasteiger partial charge in [0, 0.05) is 13.6 Å². The Hall–Kier alpha value is -2.41. The van der Waals surface area contributed by atoms with Gasteiger partial charge in [-0.05, 0) is 24.0 Å². The molecule has 21 heavy (non-hydrogen) atoms. The third kappa shape index (κ3) is 3.19. The SMILES string of the molecule is CCc1nnc(N(C)Cc2ccccc2)c(C#N)c1CC. The zero-order chi connectivity index (χ0) is 15.2. The van der Waals surface area contributed by atoms with E-state index in [9.17, 15) is 5.26 Å². The first-order chi connectivity index (χ1) is 10.2. The van der Waals surface area contributed by atoms with Gasteiger partial charge in [-0.2, -0.15) is 10.4 Å². The van der Waals surface area contributed by atoms with Crippen LogP contribution in [0.5, 0.6) is 0 Å². The Morgan fingerprint density at radius 2 is 1.81 bits per heavy atom. The van der Waals surface area contributed by atoms with Gasteiger partial charge in [0.25, 0.3) is 0 Å². The number of benzene rings is 1. The molecule has 0 amide bonds. The van der Waals surface area contributed by atoms with E-state index in [1.165, 1.54) is 5.56 Å². The first kappa shape index (κ1) is 15.0. The summed E-state index contributed by atoms with van der Waals surface area (Å²) >= 11 is 0. The Bertz CT molecular complexity index is 644. The minimum atomic E-state index is 0.655. The van der Waals surface area contributed by atoms with Crippen molar-refractivity contribution in [2.24, 2.45) is 0 Å². The first-order valence-corrected chi connectivity index (χ1v) is 7.24. The molecule has 0 aliphatic carbocycles. The minimum Gasteiger partial charge on any atom is -0.353 e. The first-order valence-electron chi connectivity index (χ1n) is 7.24. The third-order valence-corrected chi connectivity index (χ3v) is 3.56. The smallest absolute Gasteiger partial charge is 0.169 e. The van der Waals surface area contributed by atoms with Crippen molar-refractivity contribution in [3.05, 3.63) is 52.7 Å². The van der Waals surface area contributed by atoms with Gasteiger partial charge in [0.15, 0.2) is 5.82 Å². The summed E-state index contributed by atoms with van der Waals surface area (Å²) in [6, 6.07) is 12.5. The number of hydrogen-bond donors (Lipinski definition) is 0. The summed E-state index contributed by atoms with van der Waals surface area (Å²) in [4.78, 5) is 1.99. The average molecular weight is 280 g/mol. The van der Waals surface area contributed by atoms with Crippen LogP contribution in [0.3, 0.4) is 0 Å². The monoisotopic (exact) mass is 280 g/mol. The molecule has 2 aromatic rings. The number of hydrogen-bond acceptors (Lipinski definition) is 4. The van der Waals surface area contributed by atoms with Crippen LogP contribution in [0.1, 0.15) is 36.2 Å². The van der Waals surface area contributed by atoms with E-state index in [0.717, 1.165) is 24.1 Å². The molecule has 0 saturated heterocycles. The number of rotatable bonds is 5. The van der Waals surface area contributed by atoms with Crippen LogP contribution >= 0.6 is 0 Å². The number of anilines is 1. The fourth-order valence-corrected chi connectivity index (χ4v) is 2.48. The van der Waals surface area contributed by atoms with Gasteiger partial charge in [-0.1, -0.05) is 44.2 Å². The highest BCUT2D eigenvalue weighted by molar-refractivity contribution is 5.57. The largest absolute Gasteiger partial charge is 0.353 e. The molecule has 1 aromatic heterocycles. The number of aryl methyl sites for hydroxylation is 1. The topological polar surface area (TPSA) is 52.8 Å². The summed E-state index contributed by atoms with van der Waals surface area (Å²) in [5.41, 5.74) is 3.78. The maximum absolute atomic E-state index is 9.52. The molecule has 0 aliphatic rings. The molecule has 1 heterocycles. The van der Waals surface area contributed by atoms with Gasteiger partial charge >= 0.3 is 0 Å². The Morgan fingerprint density at radius 1 is 1.10 bits per heavy atom. The molecule has 0 bridgehead atoms. The van der Waals surface area contributed by atoms with E-state index in [2.05, 4.69) is 35.3 Å². The maximum atomic E-state index is 9.52. The molecule has 0 aliphatic heterocycles. The van der Waals surface area contributed by atoms with E-state index < -0.39 is 0 Å². The van der Waals surface area contributed by atoms with E-state index in [4.69, 9.17) is 0 Å². The lowest BCUT2D eigenvalue weighted by Crippen LogP contribution is -2.21. The Labute approximate surface area is 126 Å². The Kier molecular flexibility index (Phi) is 4.89. The Morgan fingerprint density at radius 3 is 2.38 bits per heavy atom. The normalized spacial score (nSPS) is 10.2. The molecule has 0 spiro atoms. The van der Waals surface area contributed by atoms with Gasteiger partial charge in [-0.15, -0.1) is 5.10 Å². The molecule has 0 atom stereocenters. The fourth-order valence-electron chi connectivity index (χ4n) is 2.48. The fraction of sp³-hybridized carbons (Fsp3) is 0.353. The lowest BCUT2D eigenvalue weighted by molar-refractivity contribution is 0.819. The van der Waals surface area contributed by atoms with Crippen molar-refractivity contribution >= 4 is 5.82 Å². The van der Waals surface area contributed by atoms with E-state index in [0.29, 0.717) is 17.9 Å². The molecule has 0 unspecified atom stereocenters. The molecule has 0 N–H and O–H groups in total. The lowest BCUT2D eigenvalue weighted by Gasteiger charge is -2.20. The Balaban J connectivity index is 2.37. The predicted octanol–water partition coefficient (Wildman–Crippen LogP) is 3.11. The van der Waals surface area contributed by atoms with Gasteiger partial charge < -0.3 is 4.90 Å². The molecule has 1 aromatic carbocycles. The second-order valence-corrected chi connectivity index (χ2v) is 4.98. The zero-order valence-corrected chi connectivity index (χ0v) is 12.8. The van der Waals surface area contributed by atoms with Crippen LogP contribution < -0.4 is 4.90 Å². The molecule has 0 saturated carbocycles. The van der Waals surface area contributed by atoms with Crippen LogP contribution in [-0.2, 0) is 19.4 Å². The second-order valence-electron chi connectivity index (χ2n) is 4.98. The van der Waals surface area contributed by atoms with E-state index in [-0.39, 0.29) is 0 Å². The quantitative estimate of drug-likeness (QED) is 0.844. The van der Waals surface area contributed by atoms with E-state index in [1.807, 2.05) is 37.1 Å². The van der Waals surface area contributed by atoms with Gasteiger partial charge in [0.05, 0.1) is 5.69 Å². The highest BCUT2D eigenvalue weighted by Gasteiger charge is 2.17. The van der Waals surface area contributed by atoms with Gasteiger partial charge in [0.1, 0.15) is 11.6 Å². The average Bonchev–Trinajstić information content (AvgIpc) is 2.53. The highest BCUT2D eigenvalue weighted by atomic mass is 15.2. The zero-order valence-electron chi connectivity index (χ0n) is 12.8. The predicted molar refractivity (Wildman–Crippen MR) is 84.1 cm³/mol. The van der Waals surface area contributed by atoms with Crippen LogP contribution in [0, 0.1) is 11.3 Å². The van der Waals surface area contributed by atoms with Crippen LogP contribution in [0.4, 0.5) is 5.82 Å². The van der Waals surface area contributed by atoms with E-state index >= 15 is 0 Å². The van der Waals surface area contributed by atoms with Crippen LogP contribution in [0.2, 0.25) is 0 Å². The van der Waals surface area contributed by atoms with Crippen molar-refractivity contribution in [3.8, 4) is 6.07 Å². The standard InChI is InChI=1S/C17H20N4/c1-4-14-15(11-18)17(20-19-16(14)5-2)21(3)12-13-9-7-6-8-10-13/h6-10H,4-5,12H2,1-3H3. The van der Waals surface area contributed by atoms with Crippen molar-refractivity contribution in [2.45, 2.75) is 33.2 Å². The molecule has 2 rings (SSSR count). The van der Waals surface area contributed by atoms with Crippen molar-refractivity contribution in [1.29, 1.82) is 5.26 Å². The molecule has 0 fully saturated rings. The van der Waals surface area contributed by atoms with Crippen molar-refractivity contribution in [1.82, 2.24) is 10.2 Å². The highest BCUT2D eigenvalue weighted by Crippen LogP contribution is 2.23. The second kappa shape index (κ2) is 6.85. The molecule has 108 valence electrons. The van der Waals surface area contributed by atoms with Crippen LogP contribution in [-0.4, -0.2) is 17.2 Å². The van der Waals surface area contributed by atoms with Crippen LogP contribution in [0.25, 0.3) is 0 Å². The molecular weight excluding hydrogens is 260 g/mol. The van der Waals surface area contributed by atoms with Crippen LogP contribution in [0.15, 0.2) is 30.3 Å². The third-order valence-electron chi connectivity index (χ3n) is 3.56. The number of aromatic nitrogens is 2. The van der Waals surface area contributed by atoms with Crippen molar-refractivity contribution in [3.63, 3.8) is 0 Å². The minimum absolute atomic E-state index is 0.655. The van der Waals surface area contributed by atoms with Crippen molar-refractivity contribution < 1.29 is 0 Å². The molecule has 4 heteroatoms. The summed E-state index contributed by atoms with van der Waals surface area (Å²) in [5.74, 6) is 0.662. The van der Waals surface area contributed by atoms with Gasteiger partial charge in [0.2, 0.25) is 0 Å². The summed E-state index contributed by atoms with van der Waals surface area (Å²) in [5, 5.41) is 18.1.